The summed E-state index contributed by atoms with van der Waals surface area (Å²) in [5.41, 5.74) is 2.00. The Morgan fingerprint density at radius 2 is 1.55 bits per heavy atom. The number of hydrogen-bond donors (Lipinski definition) is 2. The molecule has 1 atom stereocenters. The van der Waals surface area contributed by atoms with Crippen molar-refractivity contribution in [2.45, 2.75) is 77.0 Å². The summed E-state index contributed by atoms with van der Waals surface area (Å²) >= 11 is 0. The number of amides is 3. The fourth-order valence-electron chi connectivity index (χ4n) is 6.61. The second-order valence-electron chi connectivity index (χ2n) is 13.6. The van der Waals surface area contributed by atoms with Crippen LogP contribution in [0.4, 0.5) is 4.79 Å². The van der Waals surface area contributed by atoms with E-state index in [1.807, 2.05) is 26.8 Å². The number of piperazine rings is 1. The predicted octanol–water partition coefficient (Wildman–Crippen LogP) is 1.86. The molecular formula is C32H49N7O5. The molecule has 12 heteroatoms. The normalized spacial score (nSPS) is 21.5. The topological polar surface area (TPSA) is 121 Å². The lowest BCUT2D eigenvalue weighted by atomic mass is 10.1. The van der Waals surface area contributed by atoms with Crippen LogP contribution in [0.25, 0.3) is 11.0 Å². The highest BCUT2D eigenvalue weighted by atomic mass is 16.6. The van der Waals surface area contributed by atoms with E-state index in [0.29, 0.717) is 6.42 Å². The maximum absolute atomic E-state index is 13.0. The van der Waals surface area contributed by atoms with E-state index >= 15 is 0 Å². The number of likely N-dealkylation sites (tertiary alicyclic amines) is 1. The average Bonchev–Trinajstić information content (AvgIpc) is 3.21. The van der Waals surface area contributed by atoms with Crippen LogP contribution in [0.1, 0.15) is 64.5 Å². The Morgan fingerprint density at radius 1 is 0.909 bits per heavy atom. The van der Waals surface area contributed by atoms with Crippen molar-refractivity contribution in [2.75, 3.05) is 58.9 Å². The number of hydrogen-bond acceptors (Lipinski definition) is 8. The molecule has 3 aliphatic rings. The third-order valence-electron chi connectivity index (χ3n) is 9.11. The minimum Gasteiger partial charge on any atom is -0.444 e. The van der Waals surface area contributed by atoms with Gasteiger partial charge < -0.3 is 24.8 Å². The summed E-state index contributed by atoms with van der Waals surface area (Å²) in [5, 5.41) is 5.38. The minimum absolute atomic E-state index is 0.196. The molecular weight excluding hydrogens is 562 g/mol. The number of nitrogens with one attached hydrogen (secondary N) is 2. The molecule has 1 aromatic carbocycles. The van der Waals surface area contributed by atoms with Crippen LogP contribution in [-0.4, -0.2) is 112 Å². The van der Waals surface area contributed by atoms with Crippen LogP contribution in [-0.2, 0) is 27.8 Å². The lowest BCUT2D eigenvalue weighted by Gasteiger charge is -2.36. The lowest BCUT2D eigenvalue weighted by Crippen LogP contribution is -2.48. The monoisotopic (exact) mass is 611 g/mol. The number of fused-ring (bicyclic) bond motifs is 1. The number of aromatic nitrogens is 2. The summed E-state index contributed by atoms with van der Waals surface area (Å²) in [6, 6.07) is 5.59. The van der Waals surface area contributed by atoms with Crippen molar-refractivity contribution in [1.82, 2.24) is 34.5 Å². The van der Waals surface area contributed by atoms with Crippen LogP contribution < -0.4 is 16.3 Å². The number of nitrogens with zero attached hydrogens (tertiary/aromatic N) is 5. The van der Waals surface area contributed by atoms with E-state index in [1.54, 1.807) is 11.6 Å². The van der Waals surface area contributed by atoms with Gasteiger partial charge in [0.05, 0.1) is 11.0 Å². The summed E-state index contributed by atoms with van der Waals surface area (Å²) in [7, 11) is 1.74. The van der Waals surface area contributed by atoms with Crippen LogP contribution in [0.2, 0.25) is 0 Å². The Bertz CT molecular complexity index is 1390. The van der Waals surface area contributed by atoms with Crippen molar-refractivity contribution in [3.63, 3.8) is 0 Å². The van der Waals surface area contributed by atoms with Crippen molar-refractivity contribution in [3.05, 3.63) is 34.2 Å². The number of carbonyl (C=O) groups excluding carboxylic acids is 3. The zero-order valence-electron chi connectivity index (χ0n) is 26.8. The minimum atomic E-state index is -0.661. The summed E-state index contributed by atoms with van der Waals surface area (Å²) in [4.78, 5) is 56.7. The van der Waals surface area contributed by atoms with Crippen molar-refractivity contribution in [3.8, 4) is 0 Å². The Morgan fingerprint density at radius 3 is 2.18 bits per heavy atom. The molecule has 242 valence electrons. The number of piperidine rings is 2. The molecule has 3 amide bonds. The van der Waals surface area contributed by atoms with E-state index in [9.17, 15) is 19.2 Å². The molecule has 5 rings (SSSR count). The number of rotatable bonds is 9. The second-order valence-corrected chi connectivity index (χ2v) is 13.6. The van der Waals surface area contributed by atoms with Crippen molar-refractivity contribution < 1.29 is 19.1 Å². The number of aryl methyl sites for hydroxylation is 1. The van der Waals surface area contributed by atoms with Crippen LogP contribution >= 0.6 is 0 Å². The quantitative estimate of drug-likeness (QED) is 0.413. The van der Waals surface area contributed by atoms with Gasteiger partial charge in [-0.3, -0.25) is 24.0 Å². The van der Waals surface area contributed by atoms with Crippen LogP contribution in [0.15, 0.2) is 23.0 Å². The molecule has 0 radical (unpaired) electrons. The van der Waals surface area contributed by atoms with Gasteiger partial charge in [0.1, 0.15) is 11.6 Å². The molecule has 0 saturated carbocycles. The largest absolute Gasteiger partial charge is 0.444 e. The van der Waals surface area contributed by atoms with Gasteiger partial charge in [-0.2, -0.15) is 0 Å². The van der Waals surface area contributed by atoms with Gasteiger partial charge >= 0.3 is 11.8 Å². The Labute approximate surface area is 259 Å². The third kappa shape index (κ3) is 8.08. The van der Waals surface area contributed by atoms with Gasteiger partial charge in [-0.1, -0.05) is 6.07 Å². The molecule has 3 fully saturated rings. The van der Waals surface area contributed by atoms with E-state index in [1.165, 1.54) is 10.1 Å². The first kappa shape index (κ1) is 32.2. The van der Waals surface area contributed by atoms with E-state index in [0.717, 1.165) is 95.6 Å². The van der Waals surface area contributed by atoms with Crippen molar-refractivity contribution in [1.29, 1.82) is 0 Å². The summed E-state index contributed by atoms with van der Waals surface area (Å²) in [6.07, 6.45) is 4.24. The van der Waals surface area contributed by atoms with E-state index in [4.69, 9.17) is 4.74 Å². The molecule has 0 bridgehead atoms. The fourth-order valence-corrected chi connectivity index (χ4v) is 6.61. The molecule has 0 aliphatic carbocycles. The lowest BCUT2D eigenvalue weighted by molar-refractivity contribution is -0.135. The maximum atomic E-state index is 13.0. The Hall–Kier alpha value is -3.22. The summed E-state index contributed by atoms with van der Waals surface area (Å²) in [5.74, 6) is -0.695. The smallest absolute Gasteiger partial charge is 0.407 e. The van der Waals surface area contributed by atoms with Crippen molar-refractivity contribution >= 4 is 28.9 Å². The van der Waals surface area contributed by atoms with E-state index in [2.05, 4.69) is 37.5 Å². The third-order valence-corrected chi connectivity index (χ3v) is 9.11. The van der Waals surface area contributed by atoms with Crippen LogP contribution in [0.5, 0.6) is 0 Å². The predicted molar refractivity (Wildman–Crippen MR) is 169 cm³/mol. The molecule has 44 heavy (non-hydrogen) atoms. The highest BCUT2D eigenvalue weighted by Gasteiger charge is 2.31. The number of benzene rings is 1. The zero-order chi connectivity index (χ0) is 31.4. The van der Waals surface area contributed by atoms with Crippen LogP contribution in [0, 0.1) is 0 Å². The van der Waals surface area contributed by atoms with Gasteiger partial charge in [0, 0.05) is 65.3 Å². The Kier molecular flexibility index (Phi) is 10.1. The molecule has 4 heterocycles. The highest BCUT2D eigenvalue weighted by molar-refractivity contribution is 6.00. The molecule has 2 aromatic rings. The van der Waals surface area contributed by atoms with E-state index in [-0.39, 0.29) is 30.2 Å². The summed E-state index contributed by atoms with van der Waals surface area (Å²) < 4.78 is 8.53. The van der Waals surface area contributed by atoms with Gasteiger partial charge in [-0.05, 0) is 83.7 Å². The molecule has 3 aliphatic heterocycles. The second kappa shape index (κ2) is 13.8. The van der Waals surface area contributed by atoms with Gasteiger partial charge in [0.2, 0.25) is 11.8 Å². The molecule has 12 nitrogen and oxygen atoms in total. The summed E-state index contributed by atoms with van der Waals surface area (Å²) in [6.45, 7) is 15.1. The number of carbonyl (C=O) groups is 3. The number of imidazole rings is 1. The standard InChI is InChI=1S/C32H49N7O5/c1-32(2,3)44-30(42)33-24-11-16-36(17-12-24)13-5-14-37-18-20-38(21-19-37)15-10-23-6-7-25-27(22-23)35(4)31(43)39(25)26-8-9-28(40)34-29(26)41/h6-7,22,24,26H,5,8-21H2,1-4H3,(H,33,42)(H,34,40,41). The molecule has 3 saturated heterocycles. The molecule has 1 unspecified atom stereocenters. The SMILES string of the molecule is Cn1c(=O)n(C2CCC(=O)NC2=O)c2ccc(CCN3CCN(CCCN4CCC(NC(=O)OC(C)(C)C)CC4)CC3)cc21. The van der Waals surface area contributed by atoms with Gasteiger partial charge in [0.25, 0.3) is 0 Å². The van der Waals surface area contributed by atoms with Gasteiger partial charge in [0.15, 0.2) is 0 Å². The van der Waals surface area contributed by atoms with E-state index < -0.39 is 17.6 Å². The average molecular weight is 612 g/mol. The molecule has 1 aromatic heterocycles. The first-order chi connectivity index (χ1) is 21.0. The molecule has 0 spiro atoms. The Balaban J connectivity index is 1.01. The first-order valence-electron chi connectivity index (χ1n) is 16.2. The number of alkyl carbamates (subject to hydrolysis) is 1. The first-order valence-corrected chi connectivity index (χ1v) is 16.2. The molecule has 2 N–H and O–H groups in total. The zero-order valence-corrected chi connectivity index (χ0v) is 26.8. The number of imide groups is 1. The van der Waals surface area contributed by atoms with Crippen LogP contribution in [0.3, 0.4) is 0 Å². The van der Waals surface area contributed by atoms with Gasteiger partial charge in [-0.15, -0.1) is 0 Å². The van der Waals surface area contributed by atoms with Crippen molar-refractivity contribution in [2.24, 2.45) is 7.05 Å². The maximum Gasteiger partial charge on any atom is 0.407 e. The fraction of sp³-hybridized carbons (Fsp3) is 0.688. The number of ether oxygens (including phenoxy) is 1. The highest BCUT2D eigenvalue weighted by Crippen LogP contribution is 2.24. The van der Waals surface area contributed by atoms with Gasteiger partial charge in [-0.25, -0.2) is 9.59 Å².